The number of esters is 1. The smallest absolute Gasteiger partial charge is 0.310 e. The van der Waals surface area contributed by atoms with Gasteiger partial charge < -0.3 is 14.8 Å². The van der Waals surface area contributed by atoms with E-state index in [2.05, 4.69) is 5.32 Å². The SMILES string of the molecule is CCOC(=O)Cc1ccc(NC(=O)c2cc(OCc3ccccc3Cl)ccc2Cl)c(Cl)c1. The van der Waals surface area contributed by atoms with E-state index < -0.39 is 5.91 Å². The number of benzene rings is 3. The largest absolute Gasteiger partial charge is 0.489 e. The van der Waals surface area contributed by atoms with E-state index in [1.54, 1.807) is 49.4 Å². The van der Waals surface area contributed by atoms with Gasteiger partial charge in [0, 0.05) is 10.6 Å². The lowest BCUT2D eigenvalue weighted by molar-refractivity contribution is -0.142. The van der Waals surface area contributed by atoms with Crippen LogP contribution in [0.15, 0.2) is 60.7 Å². The number of carbonyl (C=O) groups is 2. The first-order valence-electron chi connectivity index (χ1n) is 9.78. The number of carbonyl (C=O) groups excluding carboxylic acids is 2. The van der Waals surface area contributed by atoms with E-state index in [1.165, 1.54) is 0 Å². The average Bonchev–Trinajstić information content (AvgIpc) is 2.76. The molecule has 0 aliphatic heterocycles. The van der Waals surface area contributed by atoms with Crippen molar-refractivity contribution in [1.29, 1.82) is 0 Å². The van der Waals surface area contributed by atoms with Gasteiger partial charge in [-0.3, -0.25) is 9.59 Å². The molecule has 0 aliphatic rings. The molecule has 0 bridgehead atoms. The third kappa shape index (κ3) is 6.39. The monoisotopic (exact) mass is 491 g/mol. The van der Waals surface area contributed by atoms with Crippen LogP contribution in [0.4, 0.5) is 5.69 Å². The van der Waals surface area contributed by atoms with Gasteiger partial charge in [0.2, 0.25) is 0 Å². The predicted molar refractivity (Wildman–Crippen MR) is 127 cm³/mol. The van der Waals surface area contributed by atoms with E-state index in [0.29, 0.717) is 33.7 Å². The minimum Gasteiger partial charge on any atom is -0.489 e. The maximum absolute atomic E-state index is 12.8. The zero-order valence-electron chi connectivity index (χ0n) is 17.2. The van der Waals surface area contributed by atoms with Gasteiger partial charge in [-0.15, -0.1) is 0 Å². The fourth-order valence-electron chi connectivity index (χ4n) is 2.88. The normalized spacial score (nSPS) is 10.5. The minimum absolute atomic E-state index is 0.0957. The van der Waals surface area contributed by atoms with E-state index in [9.17, 15) is 9.59 Å². The third-order valence-corrected chi connectivity index (χ3v) is 5.48. The zero-order valence-corrected chi connectivity index (χ0v) is 19.4. The summed E-state index contributed by atoms with van der Waals surface area (Å²) in [5, 5.41) is 3.89. The molecule has 3 aromatic carbocycles. The quantitative estimate of drug-likeness (QED) is 0.361. The van der Waals surface area contributed by atoms with Crippen molar-refractivity contribution in [1.82, 2.24) is 0 Å². The van der Waals surface area contributed by atoms with Gasteiger partial charge in [0.1, 0.15) is 12.4 Å². The van der Waals surface area contributed by atoms with E-state index in [4.69, 9.17) is 44.3 Å². The van der Waals surface area contributed by atoms with E-state index in [-0.39, 0.29) is 29.6 Å². The Hall–Kier alpha value is -2.73. The molecule has 1 amide bonds. The first-order valence-corrected chi connectivity index (χ1v) is 10.9. The van der Waals surface area contributed by atoms with Gasteiger partial charge in [-0.05, 0) is 48.9 Å². The van der Waals surface area contributed by atoms with E-state index >= 15 is 0 Å². The molecule has 3 rings (SSSR count). The third-order valence-electron chi connectivity index (χ3n) is 4.47. The van der Waals surface area contributed by atoms with Crippen molar-refractivity contribution < 1.29 is 19.1 Å². The van der Waals surface area contributed by atoms with Crippen LogP contribution in [0.25, 0.3) is 0 Å². The van der Waals surface area contributed by atoms with Crippen molar-refractivity contribution in [3.63, 3.8) is 0 Å². The van der Waals surface area contributed by atoms with Crippen LogP contribution in [0.2, 0.25) is 15.1 Å². The lowest BCUT2D eigenvalue weighted by atomic mass is 10.1. The van der Waals surface area contributed by atoms with Crippen LogP contribution in [0, 0.1) is 0 Å². The number of hydrogen-bond donors (Lipinski definition) is 1. The molecular weight excluding hydrogens is 473 g/mol. The van der Waals surface area contributed by atoms with Gasteiger partial charge in [-0.2, -0.15) is 0 Å². The van der Waals surface area contributed by atoms with Gasteiger partial charge in [0.15, 0.2) is 0 Å². The Kier molecular flexibility index (Phi) is 8.39. The fourth-order valence-corrected chi connectivity index (χ4v) is 3.53. The molecule has 0 fully saturated rings. The molecule has 5 nitrogen and oxygen atoms in total. The zero-order chi connectivity index (χ0) is 23.1. The van der Waals surface area contributed by atoms with Crippen LogP contribution in [0.5, 0.6) is 5.75 Å². The van der Waals surface area contributed by atoms with Crippen molar-refractivity contribution in [3.05, 3.63) is 92.4 Å². The van der Waals surface area contributed by atoms with Crippen molar-refractivity contribution in [2.24, 2.45) is 0 Å². The van der Waals surface area contributed by atoms with Crippen molar-refractivity contribution >= 4 is 52.4 Å². The second kappa shape index (κ2) is 11.2. The summed E-state index contributed by atoms with van der Waals surface area (Å²) in [5.41, 5.74) is 2.13. The summed E-state index contributed by atoms with van der Waals surface area (Å²) in [6.07, 6.45) is 0.0957. The highest BCUT2D eigenvalue weighted by Gasteiger charge is 2.15. The lowest BCUT2D eigenvalue weighted by Crippen LogP contribution is -2.13. The number of amides is 1. The Labute approximate surface area is 201 Å². The molecule has 1 N–H and O–H groups in total. The summed E-state index contributed by atoms with van der Waals surface area (Å²) in [6, 6.07) is 17.1. The first kappa shape index (κ1) is 23.9. The van der Waals surface area contributed by atoms with Crippen LogP contribution >= 0.6 is 34.8 Å². The summed E-state index contributed by atoms with van der Waals surface area (Å²) in [4.78, 5) is 24.4. The molecule has 0 saturated carbocycles. The molecule has 0 atom stereocenters. The Morgan fingerprint density at radius 3 is 2.41 bits per heavy atom. The summed E-state index contributed by atoms with van der Waals surface area (Å²) in [5.74, 6) is -0.325. The maximum Gasteiger partial charge on any atom is 0.310 e. The highest BCUT2D eigenvalue weighted by atomic mass is 35.5. The van der Waals surface area contributed by atoms with E-state index in [1.807, 2.05) is 18.2 Å². The second-order valence-electron chi connectivity index (χ2n) is 6.77. The summed E-state index contributed by atoms with van der Waals surface area (Å²) in [6.45, 7) is 2.30. The van der Waals surface area contributed by atoms with Crippen LogP contribution in [0.1, 0.15) is 28.4 Å². The minimum atomic E-state index is -0.446. The van der Waals surface area contributed by atoms with Gasteiger partial charge in [-0.1, -0.05) is 59.1 Å². The summed E-state index contributed by atoms with van der Waals surface area (Å²) in [7, 11) is 0. The van der Waals surface area contributed by atoms with Crippen molar-refractivity contribution in [2.45, 2.75) is 20.0 Å². The van der Waals surface area contributed by atoms with Crippen LogP contribution in [-0.2, 0) is 22.6 Å². The number of hydrogen-bond acceptors (Lipinski definition) is 4. The molecule has 8 heteroatoms. The van der Waals surface area contributed by atoms with Crippen molar-refractivity contribution in [2.75, 3.05) is 11.9 Å². The van der Waals surface area contributed by atoms with Crippen molar-refractivity contribution in [3.8, 4) is 5.75 Å². The Bertz CT molecular complexity index is 1130. The maximum atomic E-state index is 12.8. The number of anilines is 1. The van der Waals surface area contributed by atoms with Gasteiger partial charge in [0.25, 0.3) is 5.91 Å². The molecule has 32 heavy (non-hydrogen) atoms. The Morgan fingerprint density at radius 2 is 1.69 bits per heavy atom. The van der Waals surface area contributed by atoms with Crippen LogP contribution < -0.4 is 10.1 Å². The highest BCUT2D eigenvalue weighted by molar-refractivity contribution is 6.36. The molecule has 0 saturated heterocycles. The molecule has 0 spiro atoms. The average molecular weight is 493 g/mol. The Balaban J connectivity index is 1.70. The predicted octanol–water partition coefficient (Wildman–Crippen LogP) is 6.58. The standard InChI is InChI=1S/C24H20Cl3NO4/c1-2-31-23(29)12-15-7-10-22(21(27)11-15)28-24(30)18-13-17(8-9-20(18)26)32-14-16-5-3-4-6-19(16)25/h3-11,13H,2,12,14H2,1H3,(H,28,30). The summed E-state index contributed by atoms with van der Waals surface area (Å²) < 4.78 is 10.7. The molecule has 0 unspecified atom stereocenters. The molecule has 0 aromatic heterocycles. The topological polar surface area (TPSA) is 64.6 Å². The van der Waals surface area contributed by atoms with Crippen LogP contribution in [-0.4, -0.2) is 18.5 Å². The molecule has 166 valence electrons. The molecule has 0 aliphatic carbocycles. The molecule has 3 aromatic rings. The highest BCUT2D eigenvalue weighted by Crippen LogP contribution is 2.28. The fraction of sp³-hybridized carbons (Fsp3) is 0.167. The number of halogens is 3. The van der Waals surface area contributed by atoms with Gasteiger partial charge >= 0.3 is 5.97 Å². The molecule has 0 radical (unpaired) electrons. The van der Waals surface area contributed by atoms with Crippen LogP contribution in [0.3, 0.4) is 0 Å². The van der Waals surface area contributed by atoms with E-state index in [0.717, 1.165) is 5.56 Å². The number of rotatable bonds is 8. The first-order chi connectivity index (χ1) is 15.4. The summed E-state index contributed by atoms with van der Waals surface area (Å²) >= 11 is 18.7. The molecule has 0 heterocycles. The number of nitrogens with one attached hydrogen (secondary N) is 1. The lowest BCUT2D eigenvalue weighted by Gasteiger charge is -2.12. The number of ether oxygens (including phenoxy) is 2. The Morgan fingerprint density at radius 1 is 0.906 bits per heavy atom. The second-order valence-corrected chi connectivity index (χ2v) is 7.99. The van der Waals surface area contributed by atoms with Gasteiger partial charge in [-0.25, -0.2) is 0 Å². The van der Waals surface area contributed by atoms with Gasteiger partial charge in [0.05, 0.1) is 34.3 Å². The molecular formula is C24H20Cl3NO4.